The van der Waals surface area contributed by atoms with Crippen molar-refractivity contribution in [2.75, 3.05) is 6.54 Å². The minimum atomic E-state index is -4.05. The molecule has 0 amide bonds. The third-order valence-electron chi connectivity index (χ3n) is 3.51. The van der Waals surface area contributed by atoms with Crippen LogP contribution in [0.2, 0.25) is 0 Å². The van der Waals surface area contributed by atoms with E-state index in [4.69, 9.17) is 4.74 Å². The van der Waals surface area contributed by atoms with E-state index in [-0.39, 0.29) is 18.6 Å². The molecule has 5 heteroatoms. The Morgan fingerprint density at radius 1 is 1.35 bits per heavy atom. The highest BCUT2D eigenvalue weighted by molar-refractivity contribution is 5.37. The van der Waals surface area contributed by atoms with E-state index in [1.165, 1.54) is 5.56 Å². The second-order valence-corrected chi connectivity index (χ2v) is 5.37. The Kier molecular flexibility index (Phi) is 4.91. The fourth-order valence-corrected chi connectivity index (χ4v) is 2.41. The monoisotopic (exact) mass is 287 g/mol. The maximum atomic E-state index is 12.0. The van der Waals surface area contributed by atoms with E-state index in [0.29, 0.717) is 13.0 Å². The number of nitrogens with one attached hydrogen (secondary N) is 1. The number of hydrogen-bond donors (Lipinski definition) is 1. The summed E-state index contributed by atoms with van der Waals surface area (Å²) in [6.45, 7) is 2.58. The smallest absolute Gasteiger partial charge is 0.389 e. The maximum Gasteiger partial charge on any atom is 0.389 e. The molecule has 112 valence electrons. The average Bonchev–Trinajstić information content (AvgIpc) is 2.77. The molecular formula is C15H20F3NO. The molecule has 2 rings (SSSR count). The van der Waals surface area contributed by atoms with Crippen molar-refractivity contribution in [1.29, 1.82) is 0 Å². The van der Waals surface area contributed by atoms with Crippen LogP contribution in [-0.2, 0) is 6.42 Å². The van der Waals surface area contributed by atoms with Crippen LogP contribution >= 0.6 is 0 Å². The standard InChI is InChI=1S/C15H20F3NO/c1-11(5-4-8-15(16,17)18)19-10-13-9-12-6-2-3-7-14(12)20-13/h2-3,6-7,11,13,19H,4-5,8-10H2,1H3. The zero-order valence-electron chi connectivity index (χ0n) is 11.5. The topological polar surface area (TPSA) is 21.3 Å². The van der Waals surface area contributed by atoms with E-state index < -0.39 is 12.6 Å². The van der Waals surface area contributed by atoms with Crippen molar-refractivity contribution in [3.05, 3.63) is 29.8 Å². The summed E-state index contributed by atoms with van der Waals surface area (Å²) in [5.74, 6) is 0.920. The lowest BCUT2D eigenvalue weighted by molar-refractivity contribution is -0.135. The van der Waals surface area contributed by atoms with E-state index in [9.17, 15) is 13.2 Å². The van der Waals surface area contributed by atoms with E-state index in [2.05, 4.69) is 5.32 Å². The molecule has 2 atom stereocenters. The van der Waals surface area contributed by atoms with Gasteiger partial charge in [-0.25, -0.2) is 0 Å². The van der Waals surface area contributed by atoms with Gasteiger partial charge in [0, 0.05) is 25.4 Å². The lowest BCUT2D eigenvalue weighted by Crippen LogP contribution is -2.36. The molecule has 0 saturated carbocycles. The first-order valence-corrected chi connectivity index (χ1v) is 6.99. The van der Waals surface area contributed by atoms with E-state index in [1.807, 2.05) is 31.2 Å². The van der Waals surface area contributed by atoms with Crippen molar-refractivity contribution in [3.8, 4) is 5.75 Å². The van der Waals surface area contributed by atoms with Crippen LogP contribution in [0, 0.1) is 0 Å². The summed E-state index contributed by atoms with van der Waals surface area (Å²) in [7, 11) is 0. The molecule has 0 radical (unpaired) electrons. The minimum Gasteiger partial charge on any atom is -0.488 e. The molecule has 0 spiro atoms. The molecule has 0 aliphatic carbocycles. The van der Waals surface area contributed by atoms with Gasteiger partial charge in [0.15, 0.2) is 0 Å². The highest BCUT2D eigenvalue weighted by atomic mass is 19.4. The number of fused-ring (bicyclic) bond motifs is 1. The van der Waals surface area contributed by atoms with Gasteiger partial charge in [0.1, 0.15) is 11.9 Å². The van der Waals surface area contributed by atoms with Gasteiger partial charge >= 0.3 is 6.18 Å². The molecule has 1 aliphatic heterocycles. The average molecular weight is 287 g/mol. The Hall–Kier alpha value is -1.23. The van der Waals surface area contributed by atoms with Gasteiger partial charge in [0.2, 0.25) is 0 Å². The van der Waals surface area contributed by atoms with Gasteiger partial charge in [-0.05, 0) is 31.4 Å². The second kappa shape index (κ2) is 6.48. The number of hydrogen-bond acceptors (Lipinski definition) is 2. The maximum absolute atomic E-state index is 12.0. The fourth-order valence-electron chi connectivity index (χ4n) is 2.41. The Morgan fingerprint density at radius 2 is 2.10 bits per heavy atom. The van der Waals surface area contributed by atoms with Crippen LogP contribution in [0.3, 0.4) is 0 Å². The number of halogens is 3. The predicted octanol–water partition coefficient (Wildman–Crippen LogP) is 3.70. The molecule has 2 nitrogen and oxygen atoms in total. The third kappa shape index (κ3) is 4.71. The molecule has 0 saturated heterocycles. The van der Waals surface area contributed by atoms with Crippen LogP contribution in [0.5, 0.6) is 5.75 Å². The molecule has 1 N–H and O–H groups in total. The van der Waals surface area contributed by atoms with Gasteiger partial charge in [0.05, 0.1) is 0 Å². The molecule has 20 heavy (non-hydrogen) atoms. The number of para-hydroxylation sites is 1. The molecule has 0 fully saturated rings. The van der Waals surface area contributed by atoms with E-state index >= 15 is 0 Å². The Morgan fingerprint density at radius 3 is 2.80 bits per heavy atom. The Labute approximate surface area is 117 Å². The molecule has 0 aromatic heterocycles. The first-order chi connectivity index (χ1) is 9.44. The van der Waals surface area contributed by atoms with E-state index in [1.54, 1.807) is 0 Å². The number of benzene rings is 1. The molecule has 2 unspecified atom stereocenters. The molecule has 1 aromatic rings. The predicted molar refractivity (Wildman–Crippen MR) is 71.9 cm³/mol. The Bertz CT molecular complexity index is 408. The van der Waals surface area contributed by atoms with Crippen LogP contribution in [0.15, 0.2) is 24.3 Å². The summed E-state index contributed by atoms with van der Waals surface area (Å²) >= 11 is 0. The van der Waals surface area contributed by atoms with Crippen molar-refractivity contribution in [1.82, 2.24) is 5.32 Å². The van der Waals surface area contributed by atoms with Gasteiger partial charge in [0.25, 0.3) is 0 Å². The second-order valence-electron chi connectivity index (χ2n) is 5.37. The van der Waals surface area contributed by atoms with Gasteiger partial charge in [-0.1, -0.05) is 18.2 Å². The summed E-state index contributed by atoms with van der Waals surface area (Å²) < 4.78 is 41.9. The molecule has 1 aromatic carbocycles. The highest BCUT2D eigenvalue weighted by Crippen LogP contribution is 2.28. The van der Waals surface area contributed by atoms with Gasteiger partial charge in [-0.3, -0.25) is 0 Å². The highest BCUT2D eigenvalue weighted by Gasteiger charge is 2.26. The first-order valence-electron chi connectivity index (χ1n) is 6.99. The summed E-state index contributed by atoms with van der Waals surface area (Å²) in [5.41, 5.74) is 1.20. The molecular weight excluding hydrogens is 267 g/mol. The third-order valence-corrected chi connectivity index (χ3v) is 3.51. The van der Waals surface area contributed by atoms with Crippen LogP contribution in [0.4, 0.5) is 13.2 Å². The summed E-state index contributed by atoms with van der Waals surface area (Å²) in [4.78, 5) is 0. The number of ether oxygens (including phenoxy) is 1. The lowest BCUT2D eigenvalue weighted by atomic mass is 10.1. The van der Waals surface area contributed by atoms with Gasteiger partial charge in [-0.15, -0.1) is 0 Å². The van der Waals surface area contributed by atoms with E-state index in [0.717, 1.165) is 12.2 Å². The largest absolute Gasteiger partial charge is 0.488 e. The zero-order valence-corrected chi connectivity index (χ0v) is 11.5. The zero-order chi connectivity index (χ0) is 14.6. The lowest BCUT2D eigenvalue weighted by Gasteiger charge is -2.17. The molecule has 1 heterocycles. The summed E-state index contributed by atoms with van der Waals surface area (Å²) in [5, 5.41) is 3.25. The van der Waals surface area contributed by atoms with Gasteiger partial charge < -0.3 is 10.1 Å². The minimum absolute atomic E-state index is 0.0738. The SMILES string of the molecule is CC(CCCC(F)(F)F)NCC1Cc2ccccc2O1. The van der Waals surface area contributed by atoms with Crippen LogP contribution < -0.4 is 10.1 Å². The Balaban J connectivity index is 1.64. The first kappa shape index (κ1) is 15.2. The van der Waals surface area contributed by atoms with Crippen LogP contribution in [-0.4, -0.2) is 24.9 Å². The number of alkyl halides is 3. The van der Waals surface area contributed by atoms with Crippen molar-refractivity contribution in [2.45, 2.75) is 50.9 Å². The molecule has 1 aliphatic rings. The van der Waals surface area contributed by atoms with Crippen molar-refractivity contribution >= 4 is 0 Å². The fraction of sp³-hybridized carbons (Fsp3) is 0.600. The summed E-state index contributed by atoms with van der Waals surface area (Å²) in [6.07, 6.45) is -3.11. The van der Waals surface area contributed by atoms with Gasteiger partial charge in [-0.2, -0.15) is 13.2 Å². The van der Waals surface area contributed by atoms with Crippen molar-refractivity contribution in [3.63, 3.8) is 0 Å². The van der Waals surface area contributed by atoms with Crippen molar-refractivity contribution in [2.24, 2.45) is 0 Å². The summed E-state index contributed by atoms with van der Waals surface area (Å²) in [6, 6.07) is 7.99. The quantitative estimate of drug-likeness (QED) is 0.861. The normalized spacial score (nSPS) is 19.5. The van der Waals surface area contributed by atoms with Crippen LogP contribution in [0.1, 0.15) is 31.7 Å². The number of rotatable bonds is 6. The van der Waals surface area contributed by atoms with Crippen molar-refractivity contribution < 1.29 is 17.9 Å². The van der Waals surface area contributed by atoms with Crippen LogP contribution in [0.25, 0.3) is 0 Å². The molecule has 0 bridgehead atoms.